The van der Waals surface area contributed by atoms with Gasteiger partial charge in [0.05, 0.1) is 11.6 Å². The highest BCUT2D eigenvalue weighted by Gasteiger charge is 2.44. The van der Waals surface area contributed by atoms with Crippen molar-refractivity contribution in [1.29, 1.82) is 0 Å². The molecule has 0 saturated carbocycles. The van der Waals surface area contributed by atoms with Gasteiger partial charge in [-0.2, -0.15) is 0 Å². The number of benzene rings is 2. The van der Waals surface area contributed by atoms with Crippen LogP contribution in [-0.4, -0.2) is 41.2 Å². The zero-order valence-electron chi connectivity index (χ0n) is 20.6. The lowest BCUT2D eigenvalue weighted by Gasteiger charge is -2.43. The van der Waals surface area contributed by atoms with Crippen LogP contribution in [0.2, 0.25) is 0 Å². The van der Waals surface area contributed by atoms with Gasteiger partial charge in [0.15, 0.2) is 23.1 Å². The summed E-state index contributed by atoms with van der Waals surface area (Å²) in [7, 11) is 1.56. The number of carboxylic acid groups (broad SMARTS) is 1. The smallest absolute Gasteiger partial charge is 0.323 e. The molecule has 5 rings (SSSR count). The molecule has 0 spiro atoms. The Labute approximate surface area is 223 Å². The summed E-state index contributed by atoms with van der Waals surface area (Å²) in [6.45, 7) is 0.0918. The number of ether oxygens (including phenoxy) is 2. The monoisotopic (exact) mass is 565 g/mol. The van der Waals surface area contributed by atoms with Crippen LogP contribution in [0.4, 0.5) is 0 Å². The Balaban J connectivity index is 1.62. The third-order valence-electron chi connectivity index (χ3n) is 7.19. The SMILES string of the molecule is COc1cc(C2C3=C(CCCC3=O)N(CC(=O)O)C3=C2C(=O)CCC3)cc(Br)c1OCc1ccccc1. The number of carbonyl (C=O) groups is 3. The Morgan fingerprint density at radius 1 is 1.00 bits per heavy atom. The van der Waals surface area contributed by atoms with Gasteiger partial charge in [0.25, 0.3) is 0 Å². The average Bonchev–Trinajstić information content (AvgIpc) is 2.88. The largest absolute Gasteiger partial charge is 0.493 e. The van der Waals surface area contributed by atoms with Gasteiger partial charge in [-0.3, -0.25) is 14.4 Å². The quantitative estimate of drug-likeness (QED) is 0.471. The lowest BCUT2D eigenvalue weighted by atomic mass is 9.71. The van der Waals surface area contributed by atoms with E-state index in [-0.39, 0.29) is 18.1 Å². The van der Waals surface area contributed by atoms with E-state index in [9.17, 15) is 19.5 Å². The van der Waals surface area contributed by atoms with E-state index in [1.807, 2.05) is 42.5 Å². The average molecular weight is 566 g/mol. The van der Waals surface area contributed by atoms with E-state index < -0.39 is 11.9 Å². The van der Waals surface area contributed by atoms with Gasteiger partial charge in [0.2, 0.25) is 0 Å². The first-order valence-electron chi connectivity index (χ1n) is 12.4. The number of nitrogens with zero attached hydrogens (tertiary/aromatic N) is 1. The van der Waals surface area contributed by atoms with Crippen LogP contribution in [0.3, 0.4) is 0 Å². The van der Waals surface area contributed by atoms with E-state index in [0.29, 0.717) is 72.2 Å². The molecule has 0 bridgehead atoms. The highest BCUT2D eigenvalue weighted by Crippen LogP contribution is 2.51. The standard InChI is InChI=1S/C29H28BrNO6/c1-36-24-14-18(13-19(30)29(24)37-16-17-7-3-2-4-8-17)26-27-20(9-5-11-22(27)32)31(15-25(34)35)21-10-6-12-23(33)28(21)26/h2-4,7-8,13-14,26H,5-6,9-12,15-16H2,1H3,(H,34,35). The van der Waals surface area contributed by atoms with Crippen molar-refractivity contribution in [2.24, 2.45) is 0 Å². The van der Waals surface area contributed by atoms with Crippen molar-refractivity contribution in [3.63, 3.8) is 0 Å². The molecule has 3 aliphatic rings. The lowest BCUT2D eigenvalue weighted by molar-refractivity contribution is -0.138. The van der Waals surface area contributed by atoms with Crippen molar-refractivity contribution in [1.82, 2.24) is 4.90 Å². The second kappa shape index (κ2) is 10.5. The predicted octanol–water partition coefficient (Wildman–Crippen LogP) is 5.53. The first kappa shape index (κ1) is 25.3. The molecule has 0 fully saturated rings. The van der Waals surface area contributed by atoms with Crippen LogP contribution in [-0.2, 0) is 21.0 Å². The normalized spacial score (nSPS) is 18.1. The molecule has 1 aliphatic heterocycles. The van der Waals surface area contributed by atoms with Crippen molar-refractivity contribution in [2.45, 2.75) is 51.0 Å². The van der Waals surface area contributed by atoms with E-state index in [2.05, 4.69) is 15.9 Å². The minimum Gasteiger partial charge on any atom is -0.493 e. The zero-order chi connectivity index (χ0) is 26.1. The highest BCUT2D eigenvalue weighted by molar-refractivity contribution is 9.10. The number of halogens is 1. The highest BCUT2D eigenvalue weighted by atomic mass is 79.9. The first-order valence-corrected chi connectivity index (χ1v) is 13.2. The summed E-state index contributed by atoms with van der Waals surface area (Å²) in [6.07, 6.45) is 3.29. The molecular formula is C29H28BrNO6. The van der Waals surface area contributed by atoms with Crippen molar-refractivity contribution in [2.75, 3.05) is 13.7 Å². The molecule has 7 nitrogen and oxygen atoms in total. The number of carbonyl (C=O) groups excluding carboxylic acids is 2. The summed E-state index contributed by atoms with van der Waals surface area (Å²) in [5.41, 5.74) is 4.29. The lowest BCUT2D eigenvalue weighted by Crippen LogP contribution is -2.41. The maximum atomic E-state index is 13.4. The molecule has 2 aromatic carbocycles. The minimum atomic E-state index is -0.988. The molecule has 0 amide bonds. The van der Waals surface area contributed by atoms with E-state index in [0.717, 1.165) is 22.5 Å². The number of allylic oxidation sites excluding steroid dienone is 4. The van der Waals surface area contributed by atoms with Crippen LogP contribution in [0.25, 0.3) is 0 Å². The number of hydrogen-bond donors (Lipinski definition) is 1. The number of hydrogen-bond acceptors (Lipinski definition) is 6. The Morgan fingerprint density at radius 2 is 1.62 bits per heavy atom. The van der Waals surface area contributed by atoms with Gasteiger partial charge in [-0.25, -0.2) is 0 Å². The van der Waals surface area contributed by atoms with Crippen LogP contribution in [0.5, 0.6) is 11.5 Å². The molecule has 0 atom stereocenters. The molecule has 0 radical (unpaired) electrons. The van der Waals surface area contributed by atoms with E-state index in [1.54, 1.807) is 12.0 Å². The third kappa shape index (κ3) is 4.82. The minimum absolute atomic E-state index is 0.0361. The Hall–Kier alpha value is -3.39. The van der Waals surface area contributed by atoms with Gasteiger partial charge in [0, 0.05) is 41.3 Å². The molecule has 192 valence electrons. The molecule has 37 heavy (non-hydrogen) atoms. The molecule has 2 aliphatic carbocycles. The van der Waals surface area contributed by atoms with Gasteiger partial charge in [-0.15, -0.1) is 0 Å². The summed E-state index contributed by atoms with van der Waals surface area (Å²) < 4.78 is 12.5. The summed E-state index contributed by atoms with van der Waals surface area (Å²) in [5.74, 6) is -0.602. The van der Waals surface area contributed by atoms with Crippen LogP contribution in [0.1, 0.15) is 55.6 Å². The van der Waals surface area contributed by atoms with Gasteiger partial charge < -0.3 is 19.5 Å². The summed E-state index contributed by atoms with van der Waals surface area (Å²) in [5, 5.41) is 9.64. The Kier molecular flexibility index (Phi) is 7.20. The van der Waals surface area contributed by atoms with Crippen LogP contribution in [0.15, 0.2) is 69.5 Å². The maximum absolute atomic E-state index is 13.4. The van der Waals surface area contributed by atoms with E-state index >= 15 is 0 Å². The Morgan fingerprint density at radius 3 is 2.19 bits per heavy atom. The van der Waals surface area contributed by atoms with Crippen LogP contribution in [0, 0.1) is 0 Å². The topological polar surface area (TPSA) is 93.1 Å². The van der Waals surface area contributed by atoms with Crippen molar-refractivity contribution >= 4 is 33.5 Å². The summed E-state index contributed by atoms with van der Waals surface area (Å²) in [4.78, 5) is 40.2. The molecule has 2 aromatic rings. The van der Waals surface area contributed by atoms with Gasteiger partial charge >= 0.3 is 5.97 Å². The predicted molar refractivity (Wildman–Crippen MR) is 140 cm³/mol. The zero-order valence-corrected chi connectivity index (χ0v) is 22.2. The molecular weight excluding hydrogens is 538 g/mol. The fraction of sp³-hybridized carbons (Fsp3) is 0.345. The number of Topliss-reactive ketones (excluding diaryl/α,β-unsaturated/α-hetero) is 2. The maximum Gasteiger partial charge on any atom is 0.323 e. The van der Waals surface area contributed by atoms with Gasteiger partial charge in [-0.1, -0.05) is 30.3 Å². The number of rotatable bonds is 7. The van der Waals surface area contributed by atoms with Crippen LogP contribution >= 0.6 is 15.9 Å². The summed E-state index contributed by atoms with van der Waals surface area (Å²) in [6, 6.07) is 13.5. The number of aliphatic carboxylic acids is 1. The molecule has 8 heteroatoms. The fourth-order valence-electron chi connectivity index (χ4n) is 5.65. The molecule has 0 unspecified atom stereocenters. The Bertz CT molecular complexity index is 1290. The van der Waals surface area contributed by atoms with Crippen molar-refractivity contribution in [3.05, 3.63) is 80.6 Å². The first-order chi connectivity index (χ1) is 17.9. The van der Waals surface area contributed by atoms with Crippen molar-refractivity contribution in [3.8, 4) is 11.5 Å². The van der Waals surface area contributed by atoms with Gasteiger partial charge in [0.1, 0.15) is 13.2 Å². The van der Waals surface area contributed by atoms with Crippen LogP contribution < -0.4 is 9.47 Å². The van der Waals surface area contributed by atoms with Gasteiger partial charge in [-0.05, 0) is 64.9 Å². The third-order valence-corrected chi connectivity index (χ3v) is 7.78. The van der Waals surface area contributed by atoms with Crippen molar-refractivity contribution < 1.29 is 29.0 Å². The number of carboxylic acids is 1. The number of ketones is 2. The fourth-order valence-corrected chi connectivity index (χ4v) is 6.23. The molecule has 1 heterocycles. The number of methoxy groups -OCH3 is 1. The molecule has 1 N–H and O–H groups in total. The molecule has 0 aromatic heterocycles. The van der Waals surface area contributed by atoms with E-state index in [1.165, 1.54) is 0 Å². The summed E-state index contributed by atoms with van der Waals surface area (Å²) >= 11 is 3.63. The molecule has 0 saturated heterocycles. The second-order valence-corrected chi connectivity index (χ2v) is 10.3. The van der Waals surface area contributed by atoms with E-state index in [4.69, 9.17) is 9.47 Å². The second-order valence-electron chi connectivity index (χ2n) is 9.50.